The summed E-state index contributed by atoms with van der Waals surface area (Å²) in [5.74, 6) is -0.434. The van der Waals surface area contributed by atoms with Crippen LogP contribution in [0.15, 0.2) is 77.8 Å². The van der Waals surface area contributed by atoms with Crippen LogP contribution in [0.1, 0.15) is 52.9 Å². The van der Waals surface area contributed by atoms with Gasteiger partial charge in [0.2, 0.25) is 0 Å². The number of carbonyl (C=O) groups is 1. The Morgan fingerprint density at radius 1 is 1.06 bits per heavy atom. The predicted octanol–water partition coefficient (Wildman–Crippen LogP) is 4.96. The van der Waals surface area contributed by atoms with E-state index in [4.69, 9.17) is 21.2 Å². The Hall–Kier alpha value is -3.94. The first-order valence-electron chi connectivity index (χ1n) is 11.7. The van der Waals surface area contributed by atoms with E-state index in [0.29, 0.717) is 35.5 Å². The van der Waals surface area contributed by atoms with Crippen LogP contribution in [0.2, 0.25) is 0 Å². The van der Waals surface area contributed by atoms with E-state index >= 15 is 0 Å². The molecule has 1 atom stereocenters. The Bertz CT molecular complexity index is 1330. The van der Waals surface area contributed by atoms with Gasteiger partial charge in [0.25, 0.3) is 0 Å². The summed E-state index contributed by atoms with van der Waals surface area (Å²) in [6.45, 7) is 2.67. The van der Waals surface area contributed by atoms with Gasteiger partial charge in [0, 0.05) is 22.5 Å². The number of nitrogens with zero attached hydrogens (tertiary/aromatic N) is 1. The number of aliphatic imine (C=N–C) groups is 1. The normalized spacial score (nSPS) is 12.6. The number of nitrogens with two attached hydrogens (primary N) is 2. The molecule has 0 aliphatic heterocycles. The van der Waals surface area contributed by atoms with Crippen LogP contribution < -0.4 is 11.5 Å². The third kappa shape index (κ3) is 5.42. The number of rotatable bonds is 9. The summed E-state index contributed by atoms with van der Waals surface area (Å²) in [6.07, 6.45) is 1.70. The van der Waals surface area contributed by atoms with E-state index in [1.165, 1.54) is 0 Å². The first kappa shape index (κ1) is 24.2. The maximum Gasteiger partial charge on any atom is 0.338 e. The Labute approximate surface area is 204 Å². The minimum Gasteiger partial charge on any atom is -0.494 e. The second kappa shape index (κ2) is 11.0. The van der Waals surface area contributed by atoms with Crippen molar-refractivity contribution in [2.45, 2.75) is 25.8 Å². The van der Waals surface area contributed by atoms with Crippen molar-refractivity contribution in [2.75, 3.05) is 13.2 Å². The summed E-state index contributed by atoms with van der Waals surface area (Å²) < 4.78 is 5.10. The van der Waals surface area contributed by atoms with Crippen molar-refractivity contribution in [3.63, 3.8) is 0 Å². The molecular formula is C28H30N4O3. The Morgan fingerprint density at radius 3 is 2.49 bits per heavy atom. The van der Waals surface area contributed by atoms with Gasteiger partial charge in [-0.15, -0.1) is 0 Å². The zero-order valence-electron chi connectivity index (χ0n) is 19.7. The molecule has 0 aliphatic rings. The topological polar surface area (TPSA) is 127 Å². The molecule has 7 heteroatoms. The lowest BCUT2D eigenvalue weighted by molar-refractivity contribution is 0.0526. The van der Waals surface area contributed by atoms with E-state index in [1.807, 2.05) is 54.6 Å². The lowest BCUT2D eigenvalue weighted by Gasteiger charge is -2.12. The molecule has 1 heterocycles. The van der Waals surface area contributed by atoms with Gasteiger partial charge in [-0.1, -0.05) is 48.5 Å². The second-order valence-corrected chi connectivity index (χ2v) is 8.28. The molecule has 0 saturated carbocycles. The summed E-state index contributed by atoms with van der Waals surface area (Å²) in [5.41, 5.74) is 16.7. The van der Waals surface area contributed by atoms with Crippen molar-refractivity contribution in [3.8, 4) is 5.88 Å². The van der Waals surface area contributed by atoms with E-state index in [0.717, 1.165) is 35.0 Å². The largest absolute Gasteiger partial charge is 0.494 e. The van der Waals surface area contributed by atoms with E-state index in [-0.39, 0.29) is 11.9 Å². The van der Waals surface area contributed by atoms with Crippen molar-refractivity contribution in [2.24, 2.45) is 16.5 Å². The Morgan fingerprint density at radius 2 is 1.80 bits per heavy atom. The lowest BCUT2D eigenvalue weighted by Crippen LogP contribution is -2.12. The van der Waals surface area contributed by atoms with Gasteiger partial charge in [-0.25, -0.2) is 9.79 Å². The number of aromatic hydroxyl groups is 1. The van der Waals surface area contributed by atoms with Gasteiger partial charge in [-0.3, -0.25) is 0 Å². The minimum atomic E-state index is -0.410. The second-order valence-electron chi connectivity index (χ2n) is 8.28. The number of benzene rings is 3. The maximum absolute atomic E-state index is 12.2. The van der Waals surface area contributed by atoms with E-state index < -0.39 is 5.97 Å². The van der Waals surface area contributed by atoms with E-state index in [9.17, 15) is 9.90 Å². The summed E-state index contributed by atoms with van der Waals surface area (Å²) in [7, 11) is 0. The molecule has 0 amide bonds. The number of H-pyrrole nitrogens is 1. The molecule has 7 nitrogen and oxygen atoms in total. The first-order valence-corrected chi connectivity index (χ1v) is 11.7. The highest BCUT2D eigenvalue weighted by Crippen LogP contribution is 2.32. The van der Waals surface area contributed by atoms with Crippen LogP contribution in [0, 0.1) is 0 Å². The molecule has 1 aromatic heterocycles. The fourth-order valence-electron chi connectivity index (χ4n) is 4.05. The van der Waals surface area contributed by atoms with Crippen LogP contribution >= 0.6 is 0 Å². The molecule has 35 heavy (non-hydrogen) atoms. The monoisotopic (exact) mass is 470 g/mol. The summed E-state index contributed by atoms with van der Waals surface area (Å²) in [5, 5.41) is 11.6. The van der Waals surface area contributed by atoms with Gasteiger partial charge in [0.1, 0.15) is 0 Å². The highest BCUT2D eigenvalue weighted by Gasteiger charge is 2.20. The van der Waals surface area contributed by atoms with Crippen molar-refractivity contribution < 1.29 is 14.6 Å². The van der Waals surface area contributed by atoms with Crippen LogP contribution in [0.3, 0.4) is 0 Å². The summed E-state index contributed by atoms with van der Waals surface area (Å²) in [6, 6.07) is 22.6. The lowest BCUT2D eigenvalue weighted by atomic mass is 9.99. The zero-order valence-corrected chi connectivity index (χ0v) is 19.7. The number of fused-ring (bicyclic) bond motifs is 1. The van der Waals surface area contributed by atoms with Crippen LogP contribution in [-0.4, -0.2) is 34.9 Å². The molecule has 4 rings (SSSR count). The molecule has 4 aromatic rings. The average molecular weight is 471 g/mol. The molecule has 3 aromatic carbocycles. The molecule has 180 valence electrons. The number of ether oxygens (including phenoxy) is 1. The molecule has 0 radical (unpaired) electrons. The minimum absolute atomic E-state index is 0.0240. The van der Waals surface area contributed by atoms with Gasteiger partial charge in [0.15, 0.2) is 5.88 Å². The molecule has 0 bridgehead atoms. The molecular weight excluding hydrogens is 440 g/mol. The van der Waals surface area contributed by atoms with Crippen molar-refractivity contribution in [1.29, 1.82) is 0 Å². The van der Waals surface area contributed by atoms with Gasteiger partial charge in [0.05, 0.1) is 29.1 Å². The summed E-state index contributed by atoms with van der Waals surface area (Å²) >= 11 is 0. The third-order valence-electron chi connectivity index (χ3n) is 5.86. The zero-order chi connectivity index (χ0) is 24.8. The highest BCUT2D eigenvalue weighted by atomic mass is 16.5. The number of hydrogen-bond acceptors (Lipinski definition) is 6. The molecule has 6 N–H and O–H groups in total. The van der Waals surface area contributed by atoms with Crippen LogP contribution in [-0.2, 0) is 4.74 Å². The van der Waals surface area contributed by atoms with Crippen molar-refractivity contribution >= 4 is 28.3 Å². The molecule has 1 unspecified atom stereocenters. The SMILES string of the molecule is CCOC(=O)c1ccc2c(C(=Nc3ccc(C(N)CCCN)cc3)c3ccccc3)c(O)[nH]c2c1. The van der Waals surface area contributed by atoms with Crippen LogP contribution in [0.25, 0.3) is 10.9 Å². The molecule has 0 saturated heterocycles. The Balaban J connectivity index is 1.77. The molecule has 0 aliphatic carbocycles. The van der Waals surface area contributed by atoms with Gasteiger partial charge >= 0.3 is 5.97 Å². The quantitative estimate of drug-likeness (QED) is 0.203. The highest BCUT2D eigenvalue weighted by molar-refractivity contribution is 6.22. The van der Waals surface area contributed by atoms with Gasteiger partial charge in [-0.2, -0.15) is 0 Å². The fourth-order valence-corrected chi connectivity index (χ4v) is 4.05. The number of aromatic nitrogens is 1. The van der Waals surface area contributed by atoms with Crippen molar-refractivity contribution in [1.82, 2.24) is 4.98 Å². The van der Waals surface area contributed by atoms with Crippen molar-refractivity contribution in [3.05, 3.63) is 95.1 Å². The average Bonchev–Trinajstić information content (AvgIpc) is 3.21. The van der Waals surface area contributed by atoms with Gasteiger partial charge in [-0.05, 0) is 56.1 Å². The number of esters is 1. The smallest absolute Gasteiger partial charge is 0.338 e. The third-order valence-corrected chi connectivity index (χ3v) is 5.86. The summed E-state index contributed by atoms with van der Waals surface area (Å²) in [4.78, 5) is 20.1. The van der Waals surface area contributed by atoms with E-state index in [2.05, 4.69) is 4.98 Å². The van der Waals surface area contributed by atoms with Gasteiger partial charge < -0.3 is 26.3 Å². The standard InChI is InChI=1S/C28H30N4O3/c1-2-35-28(34)20-12-15-22-24(17-20)32-27(33)25(22)26(19-7-4-3-5-8-19)31-21-13-10-18(11-14-21)23(30)9-6-16-29/h3-5,7-8,10-15,17,23,32-33H,2,6,9,16,29-30H2,1H3. The number of carbonyl (C=O) groups excluding carboxylic acids is 1. The fraction of sp³-hybridized carbons (Fsp3) is 0.214. The van der Waals surface area contributed by atoms with Crippen LogP contribution in [0.5, 0.6) is 5.88 Å². The molecule has 0 spiro atoms. The maximum atomic E-state index is 12.2. The number of nitrogens with one attached hydrogen (secondary N) is 1. The first-order chi connectivity index (χ1) is 17.0. The number of aromatic amines is 1. The Kier molecular flexibility index (Phi) is 7.60. The predicted molar refractivity (Wildman–Crippen MR) is 139 cm³/mol. The molecule has 0 fully saturated rings. The number of hydrogen-bond donors (Lipinski definition) is 4. The van der Waals surface area contributed by atoms with Crippen LogP contribution in [0.4, 0.5) is 5.69 Å². The van der Waals surface area contributed by atoms with E-state index in [1.54, 1.807) is 25.1 Å².